The summed E-state index contributed by atoms with van der Waals surface area (Å²) in [6.07, 6.45) is 0. The van der Waals surface area contributed by atoms with Gasteiger partial charge in [-0.05, 0) is 40.2 Å². The molecule has 2 aromatic carbocycles. The van der Waals surface area contributed by atoms with Gasteiger partial charge in [0.25, 0.3) is 0 Å². The van der Waals surface area contributed by atoms with Crippen molar-refractivity contribution in [2.45, 2.75) is 5.16 Å². The Labute approximate surface area is 154 Å². The minimum absolute atomic E-state index is 0.0804. The lowest BCUT2D eigenvalue weighted by Gasteiger charge is -2.06. The lowest BCUT2D eigenvalue weighted by atomic mass is 10.3. The first-order valence-corrected chi connectivity index (χ1v) is 9.72. The van der Waals surface area contributed by atoms with Gasteiger partial charge < -0.3 is 5.32 Å². The molecular weight excluding hydrogens is 408 g/mol. The van der Waals surface area contributed by atoms with Crippen LogP contribution >= 0.6 is 39.0 Å². The Morgan fingerprint density at radius 1 is 1.17 bits per heavy atom. The standard InChI is InChI=1S/C16H11BrN4OS2/c17-10-5-1-2-6-11(10)18-14(22)9-23-15-19-20-16-21(15)12-7-3-4-8-13(12)24-16/h1-8H,9H2,(H,18,22). The van der Waals surface area contributed by atoms with Crippen molar-refractivity contribution in [3.8, 4) is 0 Å². The van der Waals surface area contributed by atoms with Gasteiger partial charge in [-0.25, -0.2) is 0 Å². The summed E-state index contributed by atoms with van der Waals surface area (Å²) in [4.78, 5) is 13.0. The number of aromatic nitrogens is 3. The van der Waals surface area contributed by atoms with E-state index in [0.717, 1.165) is 30.5 Å². The summed E-state index contributed by atoms with van der Waals surface area (Å²) in [6.45, 7) is 0. The van der Waals surface area contributed by atoms with E-state index in [9.17, 15) is 4.79 Å². The molecule has 0 aliphatic rings. The van der Waals surface area contributed by atoms with E-state index < -0.39 is 0 Å². The average molecular weight is 419 g/mol. The van der Waals surface area contributed by atoms with Gasteiger partial charge >= 0.3 is 0 Å². The molecule has 0 unspecified atom stereocenters. The number of nitrogens with zero attached hydrogens (tertiary/aromatic N) is 3. The molecule has 0 spiro atoms. The topological polar surface area (TPSA) is 59.3 Å². The van der Waals surface area contributed by atoms with Crippen LogP contribution in [0.1, 0.15) is 0 Å². The van der Waals surface area contributed by atoms with Crippen LogP contribution < -0.4 is 5.32 Å². The van der Waals surface area contributed by atoms with Crippen LogP contribution in [0.15, 0.2) is 58.2 Å². The van der Waals surface area contributed by atoms with Gasteiger partial charge in [-0.15, -0.1) is 10.2 Å². The minimum atomic E-state index is -0.0804. The number of hydrogen-bond donors (Lipinski definition) is 1. The van der Waals surface area contributed by atoms with Gasteiger partial charge in [-0.1, -0.05) is 47.4 Å². The molecule has 1 amide bonds. The van der Waals surface area contributed by atoms with E-state index in [1.54, 1.807) is 11.3 Å². The Balaban J connectivity index is 1.53. The first-order valence-electron chi connectivity index (χ1n) is 7.12. The highest BCUT2D eigenvalue weighted by atomic mass is 79.9. The highest BCUT2D eigenvalue weighted by Crippen LogP contribution is 2.29. The van der Waals surface area contributed by atoms with Crippen molar-refractivity contribution in [2.24, 2.45) is 0 Å². The summed E-state index contributed by atoms with van der Waals surface area (Å²) in [5.74, 6) is 0.190. The van der Waals surface area contributed by atoms with E-state index in [1.807, 2.05) is 46.9 Å². The first kappa shape index (κ1) is 15.6. The average Bonchev–Trinajstić information content (AvgIpc) is 3.14. The molecule has 0 saturated carbocycles. The third-order valence-corrected chi connectivity index (χ3v) is 6.02. The number of benzene rings is 2. The molecule has 0 saturated heterocycles. The van der Waals surface area contributed by atoms with Crippen LogP contribution in [-0.4, -0.2) is 26.3 Å². The Kier molecular flexibility index (Phi) is 4.26. The third kappa shape index (κ3) is 2.92. The third-order valence-electron chi connectivity index (χ3n) is 3.39. The molecule has 5 nitrogen and oxygen atoms in total. The molecule has 0 atom stereocenters. The lowest BCUT2D eigenvalue weighted by Crippen LogP contribution is -2.14. The largest absolute Gasteiger partial charge is 0.324 e. The molecule has 120 valence electrons. The zero-order valence-corrected chi connectivity index (χ0v) is 15.5. The monoisotopic (exact) mass is 418 g/mol. The molecule has 4 rings (SSSR count). The van der Waals surface area contributed by atoms with E-state index >= 15 is 0 Å². The molecule has 2 aromatic heterocycles. The van der Waals surface area contributed by atoms with Crippen molar-refractivity contribution in [1.82, 2.24) is 14.6 Å². The van der Waals surface area contributed by atoms with E-state index in [4.69, 9.17) is 0 Å². The summed E-state index contributed by atoms with van der Waals surface area (Å²) in [5, 5.41) is 12.0. The summed E-state index contributed by atoms with van der Waals surface area (Å²) in [5.41, 5.74) is 1.83. The maximum absolute atomic E-state index is 12.2. The summed E-state index contributed by atoms with van der Waals surface area (Å²) < 4.78 is 4.01. The maximum atomic E-state index is 12.2. The maximum Gasteiger partial charge on any atom is 0.234 e. The van der Waals surface area contributed by atoms with Crippen molar-refractivity contribution in [2.75, 3.05) is 11.1 Å². The van der Waals surface area contributed by atoms with Crippen LogP contribution in [-0.2, 0) is 4.79 Å². The number of thioether (sulfide) groups is 1. The second kappa shape index (κ2) is 6.54. The summed E-state index contributed by atoms with van der Waals surface area (Å²) in [7, 11) is 0. The lowest BCUT2D eigenvalue weighted by molar-refractivity contribution is -0.113. The van der Waals surface area contributed by atoms with E-state index in [0.29, 0.717) is 0 Å². The molecule has 4 aromatic rings. The SMILES string of the molecule is O=C(CSc1nnc2sc3ccccc3n12)Nc1ccccc1Br. The molecular formula is C16H11BrN4OS2. The number of amides is 1. The highest BCUT2D eigenvalue weighted by Gasteiger charge is 2.14. The molecule has 0 aliphatic carbocycles. The number of rotatable bonds is 4. The fourth-order valence-electron chi connectivity index (χ4n) is 2.33. The van der Waals surface area contributed by atoms with Crippen LogP contribution in [0.25, 0.3) is 15.2 Å². The number of hydrogen-bond acceptors (Lipinski definition) is 5. The van der Waals surface area contributed by atoms with Crippen LogP contribution in [0.5, 0.6) is 0 Å². The number of carbonyl (C=O) groups excluding carboxylic acids is 1. The normalized spacial score (nSPS) is 11.2. The zero-order chi connectivity index (χ0) is 16.5. The second-order valence-corrected chi connectivity index (χ2v) is 7.79. The van der Waals surface area contributed by atoms with Gasteiger partial charge in [-0.2, -0.15) is 0 Å². The molecule has 1 N–H and O–H groups in total. The Hall–Kier alpha value is -1.90. The smallest absolute Gasteiger partial charge is 0.234 e. The Morgan fingerprint density at radius 2 is 1.96 bits per heavy atom. The zero-order valence-electron chi connectivity index (χ0n) is 12.3. The number of carbonyl (C=O) groups is 1. The molecule has 0 fully saturated rings. The van der Waals surface area contributed by atoms with Gasteiger partial charge in [0.2, 0.25) is 10.9 Å². The van der Waals surface area contributed by atoms with Gasteiger partial charge in [0.05, 0.1) is 21.7 Å². The minimum Gasteiger partial charge on any atom is -0.324 e. The predicted octanol–water partition coefficient (Wildman–Crippen LogP) is 4.44. The van der Waals surface area contributed by atoms with Gasteiger partial charge in [-0.3, -0.25) is 9.20 Å². The molecule has 0 aliphatic heterocycles. The fourth-order valence-corrected chi connectivity index (χ4v) is 4.48. The van der Waals surface area contributed by atoms with Crippen molar-refractivity contribution < 1.29 is 4.79 Å². The number of para-hydroxylation sites is 2. The number of nitrogens with one attached hydrogen (secondary N) is 1. The molecule has 0 bridgehead atoms. The van der Waals surface area contributed by atoms with Crippen molar-refractivity contribution in [3.63, 3.8) is 0 Å². The van der Waals surface area contributed by atoms with Crippen LogP contribution in [0.4, 0.5) is 5.69 Å². The second-order valence-electron chi connectivity index (χ2n) is 4.99. The number of halogens is 1. The predicted molar refractivity (Wildman–Crippen MR) is 102 cm³/mol. The van der Waals surface area contributed by atoms with Gasteiger partial charge in [0.1, 0.15) is 0 Å². The van der Waals surface area contributed by atoms with E-state index in [2.05, 4.69) is 37.5 Å². The molecule has 8 heteroatoms. The highest BCUT2D eigenvalue weighted by molar-refractivity contribution is 9.10. The van der Waals surface area contributed by atoms with Crippen molar-refractivity contribution in [3.05, 3.63) is 53.0 Å². The van der Waals surface area contributed by atoms with E-state index in [1.165, 1.54) is 11.8 Å². The van der Waals surface area contributed by atoms with E-state index in [-0.39, 0.29) is 11.7 Å². The van der Waals surface area contributed by atoms with Gasteiger partial charge in [0.15, 0.2) is 5.16 Å². The van der Waals surface area contributed by atoms with Crippen LogP contribution in [0.3, 0.4) is 0 Å². The first-order chi connectivity index (χ1) is 11.7. The number of thiazole rings is 1. The van der Waals surface area contributed by atoms with Crippen LogP contribution in [0, 0.1) is 0 Å². The molecule has 2 heterocycles. The Bertz CT molecular complexity index is 1040. The Morgan fingerprint density at radius 3 is 2.83 bits per heavy atom. The summed E-state index contributed by atoms with van der Waals surface area (Å²) in [6, 6.07) is 15.6. The van der Waals surface area contributed by atoms with Crippen LogP contribution in [0.2, 0.25) is 0 Å². The molecule has 0 radical (unpaired) electrons. The number of anilines is 1. The summed E-state index contributed by atoms with van der Waals surface area (Å²) >= 11 is 6.39. The van der Waals surface area contributed by atoms with Crippen molar-refractivity contribution in [1.29, 1.82) is 0 Å². The quantitative estimate of drug-likeness (QED) is 0.497. The fraction of sp³-hybridized carbons (Fsp3) is 0.0625. The van der Waals surface area contributed by atoms with Crippen molar-refractivity contribution >= 4 is 65.8 Å². The number of fused-ring (bicyclic) bond motifs is 3. The molecule has 24 heavy (non-hydrogen) atoms. The van der Waals surface area contributed by atoms with Gasteiger partial charge in [0, 0.05) is 4.47 Å².